The molecule has 2 aliphatic rings. The molecule has 1 unspecified atom stereocenters. The zero-order chi connectivity index (χ0) is 21.1. The third-order valence-electron chi connectivity index (χ3n) is 5.66. The summed E-state index contributed by atoms with van der Waals surface area (Å²) in [6.07, 6.45) is 1.07. The van der Waals surface area contributed by atoms with Crippen molar-refractivity contribution in [2.75, 3.05) is 42.9 Å². The number of piperazine rings is 1. The van der Waals surface area contributed by atoms with E-state index in [9.17, 15) is 9.59 Å². The Bertz CT molecular complexity index is 912. The minimum absolute atomic E-state index is 0.0375. The number of nitrogens with one attached hydrogen (secondary N) is 2. The molecule has 2 fully saturated rings. The van der Waals surface area contributed by atoms with Gasteiger partial charge < -0.3 is 20.4 Å². The van der Waals surface area contributed by atoms with Crippen molar-refractivity contribution in [3.05, 3.63) is 41.6 Å². The number of hydrogen-bond donors (Lipinski definition) is 2. The highest BCUT2D eigenvalue weighted by atomic mass is 16.2. The highest BCUT2D eigenvalue weighted by molar-refractivity contribution is 5.84. The smallest absolute Gasteiger partial charge is 0.227 e. The van der Waals surface area contributed by atoms with Gasteiger partial charge >= 0.3 is 0 Å². The summed E-state index contributed by atoms with van der Waals surface area (Å²) in [5.74, 6) is 1.52. The second kappa shape index (κ2) is 8.69. The van der Waals surface area contributed by atoms with E-state index >= 15 is 0 Å². The Morgan fingerprint density at radius 1 is 1.10 bits per heavy atom. The third-order valence-corrected chi connectivity index (χ3v) is 5.66. The lowest BCUT2D eigenvalue weighted by Crippen LogP contribution is -2.53. The fourth-order valence-electron chi connectivity index (χ4n) is 3.87. The van der Waals surface area contributed by atoms with Crippen LogP contribution in [0.1, 0.15) is 24.1 Å². The van der Waals surface area contributed by atoms with Gasteiger partial charge in [-0.2, -0.15) is 4.98 Å². The van der Waals surface area contributed by atoms with E-state index in [4.69, 9.17) is 4.98 Å². The average molecular weight is 409 g/mol. The molecule has 2 saturated heterocycles. The Kier molecular flexibility index (Phi) is 5.83. The Labute approximate surface area is 176 Å². The molecule has 30 heavy (non-hydrogen) atoms. The molecule has 1 aromatic heterocycles. The number of hydrogen-bond acceptors (Lipinski definition) is 6. The maximum Gasteiger partial charge on any atom is 0.227 e. The number of aromatic nitrogens is 2. The molecule has 2 amide bonds. The minimum Gasteiger partial charge on any atom is -0.355 e. The molecule has 4 rings (SSSR count). The molecule has 2 aromatic rings. The van der Waals surface area contributed by atoms with Crippen molar-refractivity contribution in [3.63, 3.8) is 0 Å². The summed E-state index contributed by atoms with van der Waals surface area (Å²) in [7, 11) is 0. The van der Waals surface area contributed by atoms with Crippen molar-refractivity contribution in [1.29, 1.82) is 0 Å². The molecule has 158 valence electrons. The first-order chi connectivity index (χ1) is 14.5. The van der Waals surface area contributed by atoms with E-state index in [1.807, 2.05) is 30.0 Å². The summed E-state index contributed by atoms with van der Waals surface area (Å²) in [6.45, 7) is 7.14. The molecule has 1 atom stereocenters. The molecule has 0 radical (unpaired) electrons. The molecule has 0 spiro atoms. The minimum atomic E-state index is -0.102. The summed E-state index contributed by atoms with van der Waals surface area (Å²) in [5, 5.41) is 6.15. The van der Waals surface area contributed by atoms with Crippen LogP contribution >= 0.6 is 0 Å². The first-order valence-corrected chi connectivity index (χ1v) is 10.5. The normalized spacial score (nSPS) is 19.4. The van der Waals surface area contributed by atoms with Crippen molar-refractivity contribution < 1.29 is 9.59 Å². The van der Waals surface area contributed by atoms with Crippen LogP contribution < -0.4 is 15.5 Å². The Morgan fingerprint density at radius 2 is 1.83 bits per heavy atom. The van der Waals surface area contributed by atoms with Crippen LogP contribution in [0.25, 0.3) is 0 Å². The monoisotopic (exact) mass is 408 g/mol. The third kappa shape index (κ3) is 4.69. The van der Waals surface area contributed by atoms with Gasteiger partial charge in [0.05, 0.1) is 5.92 Å². The van der Waals surface area contributed by atoms with Gasteiger partial charge in [0.25, 0.3) is 0 Å². The Morgan fingerprint density at radius 3 is 2.50 bits per heavy atom. The lowest BCUT2D eigenvalue weighted by Gasteiger charge is -2.37. The highest BCUT2D eigenvalue weighted by Gasteiger charge is 2.30. The number of benzene rings is 1. The molecular formula is C22H28N6O2. The maximum atomic E-state index is 12.8. The van der Waals surface area contributed by atoms with Crippen LogP contribution in [0.3, 0.4) is 0 Å². The van der Waals surface area contributed by atoms with Crippen LogP contribution in [-0.2, 0) is 9.59 Å². The van der Waals surface area contributed by atoms with E-state index in [-0.39, 0.29) is 17.7 Å². The van der Waals surface area contributed by atoms with Crippen molar-refractivity contribution in [2.45, 2.75) is 26.7 Å². The molecule has 2 N–H and O–H groups in total. The second-order valence-corrected chi connectivity index (χ2v) is 8.04. The Balaban J connectivity index is 1.38. The number of amides is 2. The standard InChI is InChI=1S/C22H28N6O2/c1-15-3-6-18(7-4-15)25-19-13-16(2)24-22(26-19)28-11-9-27(10-12-28)21(30)17-5-8-20(29)23-14-17/h3-4,6-7,13,17H,5,8-12,14H2,1-2H3,(H,23,29)(H,24,25,26). The number of anilines is 3. The highest BCUT2D eigenvalue weighted by Crippen LogP contribution is 2.21. The van der Waals surface area contributed by atoms with Gasteiger partial charge in [-0.25, -0.2) is 4.98 Å². The number of aryl methyl sites for hydroxylation is 2. The second-order valence-electron chi connectivity index (χ2n) is 8.04. The summed E-state index contributed by atoms with van der Waals surface area (Å²) >= 11 is 0. The SMILES string of the molecule is Cc1ccc(Nc2cc(C)nc(N3CCN(C(=O)C4CCC(=O)NC4)CC3)n2)cc1. The molecule has 8 heteroatoms. The predicted molar refractivity (Wildman–Crippen MR) is 116 cm³/mol. The quantitative estimate of drug-likeness (QED) is 0.804. The zero-order valence-electron chi connectivity index (χ0n) is 17.5. The van der Waals surface area contributed by atoms with Crippen LogP contribution in [0.2, 0.25) is 0 Å². The molecular weight excluding hydrogens is 380 g/mol. The van der Waals surface area contributed by atoms with Crippen LogP contribution in [0.15, 0.2) is 30.3 Å². The van der Waals surface area contributed by atoms with E-state index in [1.54, 1.807) is 0 Å². The molecule has 1 aromatic carbocycles. The van der Waals surface area contributed by atoms with Gasteiger partial charge in [-0.05, 0) is 32.4 Å². The first-order valence-electron chi connectivity index (χ1n) is 10.5. The zero-order valence-corrected chi connectivity index (χ0v) is 17.5. The van der Waals surface area contributed by atoms with Crippen LogP contribution in [0.5, 0.6) is 0 Å². The summed E-state index contributed by atoms with van der Waals surface area (Å²) in [6, 6.07) is 10.1. The van der Waals surface area contributed by atoms with Crippen molar-refractivity contribution in [3.8, 4) is 0 Å². The largest absolute Gasteiger partial charge is 0.355 e. The molecule has 0 aliphatic carbocycles. The van der Waals surface area contributed by atoms with Gasteiger partial charge in [0.2, 0.25) is 17.8 Å². The molecule has 0 saturated carbocycles. The predicted octanol–water partition coefficient (Wildman–Crippen LogP) is 2.01. The van der Waals surface area contributed by atoms with Crippen LogP contribution in [-0.4, -0.2) is 59.4 Å². The van der Waals surface area contributed by atoms with Gasteiger partial charge in [0.1, 0.15) is 5.82 Å². The van der Waals surface area contributed by atoms with Gasteiger partial charge in [-0.15, -0.1) is 0 Å². The molecule has 3 heterocycles. The van der Waals surface area contributed by atoms with E-state index in [1.165, 1.54) is 5.56 Å². The van der Waals surface area contributed by atoms with Crippen molar-refractivity contribution in [2.24, 2.45) is 5.92 Å². The number of piperidine rings is 1. The first kappa shape index (κ1) is 20.1. The number of nitrogens with zero attached hydrogens (tertiary/aromatic N) is 4. The van der Waals surface area contributed by atoms with E-state index in [0.717, 1.165) is 17.2 Å². The lowest BCUT2D eigenvalue weighted by atomic mass is 9.97. The molecule has 0 bridgehead atoms. The summed E-state index contributed by atoms with van der Waals surface area (Å²) in [5.41, 5.74) is 3.09. The topological polar surface area (TPSA) is 90.5 Å². The lowest BCUT2D eigenvalue weighted by molar-refractivity contribution is -0.137. The molecule has 2 aliphatic heterocycles. The number of carbonyl (C=O) groups excluding carboxylic acids is 2. The van der Waals surface area contributed by atoms with Gasteiger partial charge in [0, 0.05) is 56.6 Å². The van der Waals surface area contributed by atoms with Crippen LogP contribution in [0, 0.1) is 19.8 Å². The Hall–Kier alpha value is -3.16. The summed E-state index contributed by atoms with van der Waals surface area (Å²) in [4.78, 5) is 37.4. The van der Waals surface area contributed by atoms with Gasteiger partial charge in [0.15, 0.2) is 0 Å². The van der Waals surface area contributed by atoms with E-state index in [2.05, 4.69) is 39.6 Å². The fraction of sp³-hybridized carbons (Fsp3) is 0.455. The average Bonchev–Trinajstić information content (AvgIpc) is 2.75. The van der Waals surface area contributed by atoms with Gasteiger partial charge in [-0.1, -0.05) is 17.7 Å². The van der Waals surface area contributed by atoms with Crippen LogP contribution in [0.4, 0.5) is 17.5 Å². The fourth-order valence-corrected chi connectivity index (χ4v) is 3.87. The van der Waals surface area contributed by atoms with Crippen molar-refractivity contribution >= 4 is 29.3 Å². The van der Waals surface area contributed by atoms with E-state index < -0.39 is 0 Å². The maximum absolute atomic E-state index is 12.8. The van der Waals surface area contributed by atoms with Gasteiger partial charge in [-0.3, -0.25) is 9.59 Å². The number of rotatable bonds is 4. The van der Waals surface area contributed by atoms with E-state index in [0.29, 0.717) is 51.5 Å². The molecule has 8 nitrogen and oxygen atoms in total. The number of carbonyl (C=O) groups is 2. The van der Waals surface area contributed by atoms with Crippen molar-refractivity contribution in [1.82, 2.24) is 20.2 Å². The summed E-state index contributed by atoms with van der Waals surface area (Å²) < 4.78 is 0.